The van der Waals surface area contributed by atoms with Crippen molar-refractivity contribution in [2.75, 3.05) is 0 Å². The number of nitrogens with two attached hydrogens (primary N) is 1. The molecule has 0 aliphatic heterocycles. The SMILES string of the molecule is Cc1cc(Oc2ccc3c(c2)CCC3)ccc1CC(C)N. The van der Waals surface area contributed by atoms with Crippen LogP contribution < -0.4 is 10.5 Å². The van der Waals surface area contributed by atoms with E-state index >= 15 is 0 Å². The van der Waals surface area contributed by atoms with E-state index in [4.69, 9.17) is 10.5 Å². The minimum atomic E-state index is 0.187. The van der Waals surface area contributed by atoms with Crippen molar-refractivity contribution in [3.63, 3.8) is 0 Å². The predicted molar refractivity (Wildman–Crippen MR) is 87.1 cm³/mol. The third-order valence-corrected chi connectivity index (χ3v) is 4.16. The van der Waals surface area contributed by atoms with Crippen LogP contribution in [0.3, 0.4) is 0 Å². The highest BCUT2D eigenvalue weighted by Gasteiger charge is 2.11. The lowest BCUT2D eigenvalue weighted by Crippen LogP contribution is -2.18. The standard InChI is InChI=1S/C19H23NO/c1-13-10-18(9-7-16(13)11-14(2)20)21-19-8-6-15-4-3-5-17(15)12-19/h6-10,12,14H,3-5,11,20H2,1-2H3. The van der Waals surface area contributed by atoms with Gasteiger partial charge in [0.15, 0.2) is 0 Å². The Morgan fingerprint density at radius 1 is 1.05 bits per heavy atom. The van der Waals surface area contributed by atoms with E-state index in [0.29, 0.717) is 0 Å². The fourth-order valence-electron chi connectivity index (χ4n) is 3.06. The number of benzene rings is 2. The average molecular weight is 281 g/mol. The summed E-state index contributed by atoms with van der Waals surface area (Å²) in [4.78, 5) is 0. The first-order chi connectivity index (χ1) is 10.1. The molecule has 1 unspecified atom stereocenters. The Bertz CT molecular complexity index is 646. The first-order valence-corrected chi connectivity index (χ1v) is 7.76. The Hall–Kier alpha value is -1.80. The molecule has 0 spiro atoms. The van der Waals surface area contributed by atoms with Crippen LogP contribution in [0, 0.1) is 6.92 Å². The first-order valence-electron chi connectivity index (χ1n) is 7.76. The maximum atomic E-state index is 6.01. The first kappa shape index (κ1) is 14.2. The minimum Gasteiger partial charge on any atom is -0.457 e. The summed E-state index contributed by atoms with van der Waals surface area (Å²) in [5, 5.41) is 0. The largest absolute Gasteiger partial charge is 0.457 e. The number of rotatable bonds is 4. The highest BCUT2D eigenvalue weighted by Crippen LogP contribution is 2.29. The summed E-state index contributed by atoms with van der Waals surface area (Å²) >= 11 is 0. The summed E-state index contributed by atoms with van der Waals surface area (Å²) in [5.74, 6) is 1.84. The van der Waals surface area contributed by atoms with E-state index in [2.05, 4.69) is 37.3 Å². The van der Waals surface area contributed by atoms with Crippen LogP contribution >= 0.6 is 0 Å². The third kappa shape index (κ3) is 3.27. The van der Waals surface area contributed by atoms with Crippen LogP contribution in [0.2, 0.25) is 0 Å². The van der Waals surface area contributed by atoms with Crippen LogP contribution in [0.25, 0.3) is 0 Å². The molecule has 1 aliphatic rings. The Morgan fingerprint density at radius 3 is 2.52 bits per heavy atom. The number of fused-ring (bicyclic) bond motifs is 1. The van der Waals surface area contributed by atoms with Gasteiger partial charge >= 0.3 is 0 Å². The van der Waals surface area contributed by atoms with E-state index in [-0.39, 0.29) is 6.04 Å². The van der Waals surface area contributed by atoms with E-state index in [0.717, 1.165) is 17.9 Å². The second-order valence-electron chi connectivity index (χ2n) is 6.16. The van der Waals surface area contributed by atoms with Crippen molar-refractivity contribution in [3.05, 3.63) is 58.7 Å². The topological polar surface area (TPSA) is 35.2 Å². The van der Waals surface area contributed by atoms with Gasteiger partial charge in [-0.05, 0) is 86.1 Å². The zero-order chi connectivity index (χ0) is 14.8. The molecule has 2 aromatic rings. The summed E-state index contributed by atoms with van der Waals surface area (Å²) in [6, 6.07) is 12.9. The fraction of sp³-hybridized carbons (Fsp3) is 0.368. The predicted octanol–water partition coefficient (Wildman–Crippen LogP) is 4.17. The highest BCUT2D eigenvalue weighted by atomic mass is 16.5. The second kappa shape index (κ2) is 5.90. The van der Waals surface area contributed by atoms with Crippen molar-refractivity contribution in [2.24, 2.45) is 5.73 Å². The van der Waals surface area contributed by atoms with Crippen LogP contribution in [-0.4, -0.2) is 6.04 Å². The van der Waals surface area contributed by atoms with Crippen molar-refractivity contribution in [1.82, 2.24) is 0 Å². The zero-order valence-electron chi connectivity index (χ0n) is 12.9. The number of hydrogen-bond acceptors (Lipinski definition) is 2. The Labute approximate surface area is 126 Å². The van der Waals surface area contributed by atoms with Crippen molar-refractivity contribution >= 4 is 0 Å². The molecule has 0 saturated heterocycles. The lowest BCUT2D eigenvalue weighted by molar-refractivity contribution is 0.481. The molecule has 0 saturated carbocycles. The fourth-order valence-corrected chi connectivity index (χ4v) is 3.06. The Balaban J connectivity index is 1.77. The molecule has 3 rings (SSSR count). The minimum absolute atomic E-state index is 0.187. The maximum absolute atomic E-state index is 6.01. The molecule has 0 fully saturated rings. The Kier molecular flexibility index (Phi) is 3.98. The number of hydrogen-bond donors (Lipinski definition) is 1. The van der Waals surface area contributed by atoms with Gasteiger partial charge in [-0.3, -0.25) is 0 Å². The van der Waals surface area contributed by atoms with Gasteiger partial charge in [-0.1, -0.05) is 12.1 Å². The molecule has 0 radical (unpaired) electrons. The van der Waals surface area contributed by atoms with E-state index in [1.165, 1.54) is 41.5 Å². The highest BCUT2D eigenvalue weighted by molar-refractivity contribution is 5.42. The quantitative estimate of drug-likeness (QED) is 0.913. The van der Waals surface area contributed by atoms with Gasteiger partial charge in [0.2, 0.25) is 0 Å². The van der Waals surface area contributed by atoms with E-state index < -0.39 is 0 Å². The summed E-state index contributed by atoms with van der Waals surface area (Å²) in [6.45, 7) is 4.15. The molecule has 2 N–H and O–H groups in total. The molecule has 0 amide bonds. The van der Waals surface area contributed by atoms with Crippen LogP contribution in [0.1, 0.15) is 35.6 Å². The van der Waals surface area contributed by atoms with E-state index in [1.54, 1.807) is 0 Å². The van der Waals surface area contributed by atoms with Crippen molar-refractivity contribution in [1.29, 1.82) is 0 Å². The van der Waals surface area contributed by atoms with E-state index in [1.807, 2.05) is 13.0 Å². The number of ether oxygens (including phenoxy) is 1. The van der Waals surface area contributed by atoms with Crippen LogP contribution in [0.15, 0.2) is 36.4 Å². The molecule has 2 heteroatoms. The Morgan fingerprint density at radius 2 is 1.76 bits per heavy atom. The lowest BCUT2D eigenvalue weighted by Gasteiger charge is -2.12. The smallest absolute Gasteiger partial charge is 0.127 e. The maximum Gasteiger partial charge on any atom is 0.127 e. The van der Waals surface area contributed by atoms with E-state index in [9.17, 15) is 0 Å². The van der Waals surface area contributed by atoms with Crippen molar-refractivity contribution in [3.8, 4) is 11.5 Å². The zero-order valence-corrected chi connectivity index (χ0v) is 12.9. The normalized spacial score (nSPS) is 14.8. The lowest BCUT2D eigenvalue weighted by atomic mass is 10.0. The molecule has 1 aliphatic carbocycles. The van der Waals surface area contributed by atoms with Crippen LogP contribution in [-0.2, 0) is 19.3 Å². The summed E-state index contributed by atoms with van der Waals surface area (Å²) in [6.07, 6.45) is 4.56. The van der Waals surface area contributed by atoms with Crippen LogP contribution in [0.4, 0.5) is 0 Å². The van der Waals surface area contributed by atoms with Gasteiger partial charge in [-0.25, -0.2) is 0 Å². The molecule has 110 valence electrons. The molecule has 2 aromatic carbocycles. The van der Waals surface area contributed by atoms with Gasteiger partial charge in [0.25, 0.3) is 0 Å². The monoisotopic (exact) mass is 281 g/mol. The number of aryl methyl sites for hydroxylation is 3. The summed E-state index contributed by atoms with van der Waals surface area (Å²) in [5.41, 5.74) is 11.3. The molecular formula is C19H23NO. The second-order valence-corrected chi connectivity index (χ2v) is 6.16. The van der Waals surface area contributed by atoms with Crippen LogP contribution in [0.5, 0.6) is 11.5 Å². The average Bonchev–Trinajstić information content (AvgIpc) is 2.89. The molecule has 1 atom stereocenters. The molecule has 0 aromatic heterocycles. The van der Waals surface area contributed by atoms with Gasteiger partial charge in [-0.2, -0.15) is 0 Å². The molecule has 2 nitrogen and oxygen atoms in total. The third-order valence-electron chi connectivity index (χ3n) is 4.16. The van der Waals surface area contributed by atoms with Crippen molar-refractivity contribution in [2.45, 2.75) is 45.6 Å². The molecule has 0 heterocycles. The van der Waals surface area contributed by atoms with Gasteiger partial charge in [0.1, 0.15) is 11.5 Å². The summed E-state index contributed by atoms with van der Waals surface area (Å²) < 4.78 is 6.01. The van der Waals surface area contributed by atoms with Gasteiger partial charge in [0.05, 0.1) is 0 Å². The van der Waals surface area contributed by atoms with Gasteiger partial charge in [-0.15, -0.1) is 0 Å². The summed E-state index contributed by atoms with van der Waals surface area (Å²) in [7, 11) is 0. The molecule has 0 bridgehead atoms. The molecular weight excluding hydrogens is 258 g/mol. The van der Waals surface area contributed by atoms with Gasteiger partial charge in [0, 0.05) is 6.04 Å². The van der Waals surface area contributed by atoms with Gasteiger partial charge < -0.3 is 10.5 Å². The molecule has 21 heavy (non-hydrogen) atoms. The van der Waals surface area contributed by atoms with Crippen molar-refractivity contribution < 1.29 is 4.74 Å².